The van der Waals surface area contributed by atoms with E-state index in [0.29, 0.717) is 23.6 Å². The Morgan fingerprint density at radius 2 is 1.61 bits per heavy atom. The van der Waals surface area contributed by atoms with E-state index >= 15 is 0 Å². The van der Waals surface area contributed by atoms with Gasteiger partial charge in [-0.3, -0.25) is 4.79 Å². The molecule has 0 fully saturated rings. The predicted molar refractivity (Wildman–Crippen MR) is 142 cm³/mol. The Labute approximate surface area is 207 Å². The summed E-state index contributed by atoms with van der Waals surface area (Å²) in [4.78, 5) is 19.8. The zero-order valence-electron chi connectivity index (χ0n) is 18.7. The first-order chi connectivity index (χ1) is 16.1. The number of halogens is 2. The van der Waals surface area contributed by atoms with Crippen molar-refractivity contribution in [1.29, 1.82) is 0 Å². The lowest BCUT2D eigenvalue weighted by atomic mass is 10.1. The molecule has 6 N–H and O–H groups in total. The molecule has 0 saturated heterocycles. The minimum atomic E-state index is -0.452. The third-order valence-electron chi connectivity index (χ3n) is 5.27. The summed E-state index contributed by atoms with van der Waals surface area (Å²) in [5.74, 6) is 0.0205. The summed E-state index contributed by atoms with van der Waals surface area (Å²) >= 11 is 2.22. The van der Waals surface area contributed by atoms with Gasteiger partial charge in [-0.2, -0.15) is 0 Å². The van der Waals surface area contributed by atoms with Crippen molar-refractivity contribution in [2.75, 3.05) is 44.6 Å². The van der Waals surface area contributed by atoms with Gasteiger partial charge in [0.2, 0.25) is 0 Å². The number of nitrogens with one attached hydrogen (secondary N) is 4. The molecule has 3 aromatic rings. The van der Waals surface area contributed by atoms with Crippen LogP contribution in [0.1, 0.15) is 25.7 Å². The highest BCUT2D eigenvalue weighted by molar-refractivity contribution is 14.1. The molecule has 2 aromatic carbocycles. The van der Waals surface area contributed by atoms with Crippen LogP contribution in [-0.4, -0.2) is 49.2 Å². The Kier molecular flexibility index (Phi) is 10.5. The number of aromatic amines is 1. The van der Waals surface area contributed by atoms with E-state index in [-0.39, 0.29) is 10.9 Å². The average Bonchev–Trinajstić information content (AvgIpc) is 2.81. The Hall–Kier alpha value is -2.08. The number of rotatable bonds is 14. The van der Waals surface area contributed by atoms with Gasteiger partial charge in [0.15, 0.2) is 0 Å². The molecule has 0 bridgehead atoms. The quantitative estimate of drug-likeness (QED) is 0.151. The number of aromatic nitrogens is 2. The van der Waals surface area contributed by atoms with Gasteiger partial charge in [0.1, 0.15) is 11.6 Å². The number of hydrogen-bond donors (Lipinski definition) is 5. The summed E-state index contributed by atoms with van der Waals surface area (Å²) < 4.78 is 15.6. The van der Waals surface area contributed by atoms with E-state index in [1.54, 1.807) is 6.07 Å². The Morgan fingerprint density at radius 3 is 2.30 bits per heavy atom. The number of nitrogens with zero attached hydrogens (tertiary/aromatic N) is 1. The third-order valence-corrected chi connectivity index (χ3v) is 5.99. The Balaban J connectivity index is 1.48. The number of unbranched alkanes of at least 4 members (excludes halogenated alkanes) is 1. The second kappa shape index (κ2) is 13.6. The molecule has 0 unspecified atom stereocenters. The molecule has 1 aromatic heterocycles. The van der Waals surface area contributed by atoms with Gasteiger partial charge < -0.3 is 26.7 Å². The van der Waals surface area contributed by atoms with Crippen molar-refractivity contribution in [3.8, 4) is 11.4 Å². The molecule has 0 amide bonds. The van der Waals surface area contributed by atoms with Gasteiger partial charge >= 0.3 is 0 Å². The van der Waals surface area contributed by atoms with Gasteiger partial charge in [0.25, 0.3) is 5.56 Å². The zero-order chi connectivity index (χ0) is 23.5. The summed E-state index contributed by atoms with van der Waals surface area (Å²) in [7, 11) is 0. The largest absolute Gasteiger partial charge is 0.383 e. The lowest BCUT2D eigenvalue weighted by molar-refractivity contribution is 0.571. The maximum atomic E-state index is 14.5. The van der Waals surface area contributed by atoms with Crippen LogP contribution in [0.3, 0.4) is 0 Å². The summed E-state index contributed by atoms with van der Waals surface area (Å²) in [6, 6.07) is 10.6. The molecule has 9 heteroatoms. The Morgan fingerprint density at radius 1 is 0.939 bits per heavy atom. The average molecular weight is 566 g/mol. The highest BCUT2D eigenvalue weighted by Crippen LogP contribution is 2.22. The minimum absolute atomic E-state index is 0.242. The summed E-state index contributed by atoms with van der Waals surface area (Å²) in [6.07, 6.45) is 4.13. The molecule has 33 heavy (non-hydrogen) atoms. The molecular formula is C24H32FIN6O. The number of hydrogen-bond acceptors (Lipinski definition) is 6. The molecule has 0 aliphatic rings. The molecule has 0 radical (unpaired) electrons. The molecule has 0 aliphatic carbocycles. The first kappa shape index (κ1) is 25.5. The molecule has 0 spiro atoms. The van der Waals surface area contributed by atoms with Crippen LogP contribution < -0.4 is 27.2 Å². The van der Waals surface area contributed by atoms with E-state index < -0.39 is 5.82 Å². The van der Waals surface area contributed by atoms with Gasteiger partial charge in [0.05, 0.1) is 16.6 Å². The smallest absolute Gasteiger partial charge is 0.259 e. The molecular weight excluding hydrogens is 534 g/mol. The van der Waals surface area contributed by atoms with Crippen LogP contribution in [0.25, 0.3) is 22.3 Å². The van der Waals surface area contributed by atoms with Crippen molar-refractivity contribution in [2.24, 2.45) is 5.73 Å². The molecule has 0 saturated carbocycles. The lowest BCUT2D eigenvalue weighted by Gasteiger charge is -2.10. The molecule has 7 nitrogen and oxygen atoms in total. The van der Waals surface area contributed by atoms with Crippen molar-refractivity contribution in [3.05, 3.63) is 56.1 Å². The highest BCUT2D eigenvalue weighted by Gasteiger charge is 2.11. The van der Waals surface area contributed by atoms with E-state index in [4.69, 9.17) is 5.73 Å². The number of benzene rings is 2. The topological polar surface area (TPSA) is 108 Å². The monoisotopic (exact) mass is 566 g/mol. The summed E-state index contributed by atoms with van der Waals surface area (Å²) in [5.41, 5.74) is 6.75. The van der Waals surface area contributed by atoms with E-state index in [0.717, 1.165) is 67.5 Å². The maximum Gasteiger partial charge on any atom is 0.259 e. The van der Waals surface area contributed by atoms with Gasteiger partial charge in [0, 0.05) is 15.7 Å². The van der Waals surface area contributed by atoms with Crippen molar-refractivity contribution in [1.82, 2.24) is 20.6 Å². The standard InChI is InChI=1S/C24H32FIN6O/c25-20-15-19-21(31-23(32-24(19)33)17-5-7-18(26)8-6-17)16-22(20)30-14-4-13-29-11-2-1-10-28-12-3-9-27/h5-8,15-16,28-30H,1-4,9-14,27H2,(H,31,32,33). The summed E-state index contributed by atoms with van der Waals surface area (Å²) in [6.45, 7) is 5.19. The van der Waals surface area contributed by atoms with E-state index in [9.17, 15) is 9.18 Å². The van der Waals surface area contributed by atoms with Gasteiger partial charge in [-0.1, -0.05) is 12.1 Å². The second-order valence-corrected chi connectivity index (χ2v) is 9.15. The van der Waals surface area contributed by atoms with Crippen LogP contribution in [0.15, 0.2) is 41.2 Å². The fourth-order valence-electron chi connectivity index (χ4n) is 3.45. The molecule has 0 aliphatic heterocycles. The van der Waals surface area contributed by atoms with Crippen LogP contribution >= 0.6 is 22.6 Å². The number of anilines is 1. The zero-order valence-corrected chi connectivity index (χ0v) is 20.9. The van der Waals surface area contributed by atoms with E-state index in [2.05, 4.69) is 48.5 Å². The molecule has 3 rings (SSSR count). The van der Waals surface area contributed by atoms with Crippen LogP contribution in [0.2, 0.25) is 0 Å². The minimum Gasteiger partial charge on any atom is -0.383 e. The van der Waals surface area contributed by atoms with Crippen LogP contribution in [0.5, 0.6) is 0 Å². The molecule has 178 valence electrons. The van der Waals surface area contributed by atoms with Crippen molar-refractivity contribution in [3.63, 3.8) is 0 Å². The maximum absolute atomic E-state index is 14.5. The molecule has 0 atom stereocenters. The first-order valence-electron chi connectivity index (χ1n) is 11.4. The third kappa shape index (κ3) is 8.02. The fraction of sp³-hybridized carbons (Fsp3) is 0.417. The molecule has 1 heterocycles. The normalized spacial score (nSPS) is 11.2. The van der Waals surface area contributed by atoms with E-state index in [1.807, 2.05) is 24.3 Å². The van der Waals surface area contributed by atoms with Crippen molar-refractivity contribution < 1.29 is 4.39 Å². The number of nitrogens with two attached hydrogens (primary N) is 1. The van der Waals surface area contributed by atoms with Gasteiger partial charge in [-0.25, -0.2) is 9.37 Å². The first-order valence-corrected chi connectivity index (χ1v) is 12.5. The predicted octanol–water partition coefficient (Wildman–Crippen LogP) is 3.44. The van der Waals surface area contributed by atoms with Gasteiger partial charge in [-0.05, 0) is 105 Å². The number of H-pyrrole nitrogens is 1. The van der Waals surface area contributed by atoms with Crippen LogP contribution in [-0.2, 0) is 0 Å². The van der Waals surface area contributed by atoms with Gasteiger partial charge in [-0.15, -0.1) is 0 Å². The SMILES string of the molecule is NCCCNCCCCNCCCNc1cc2nc(-c3ccc(I)cc3)[nH]c(=O)c2cc1F. The fourth-order valence-corrected chi connectivity index (χ4v) is 3.81. The van der Waals surface area contributed by atoms with Crippen molar-refractivity contribution >= 4 is 39.2 Å². The van der Waals surface area contributed by atoms with Crippen LogP contribution in [0.4, 0.5) is 10.1 Å². The Bertz CT molecular complexity index is 1070. The summed E-state index contributed by atoms with van der Waals surface area (Å²) in [5, 5.41) is 10.2. The number of fused-ring (bicyclic) bond motifs is 1. The highest BCUT2D eigenvalue weighted by atomic mass is 127. The van der Waals surface area contributed by atoms with Crippen molar-refractivity contribution in [2.45, 2.75) is 25.7 Å². The lowest BCUT2D eigenvalue weighted by Crippen LogP contribution is -2.22. The van der Waals surface area contributed by atoms with E-state index in [1.165, 1.54) is 6.07 Å². The second-order valence-electron chi connectivity index (χ2n) is 7.90. The van der Waals surface area contributed by atoms with Crippen LogP contribution in [0, 0.1) is 9.39 Å².